The summed E-state index contributed by atoms with van der Waals surface area (Å²) in [7, 11) is -2.07. The lowest BCUT2D eigenvalue weighted by atomic mass is 10.1. The number of nitrogens with zero attached hydrogens (tertiary/aromatic N) is 2. The number of nitrogens with one attached hydrogen (secondary N) is 1. The molecular formula is C23H29ClFN3O4S. The summed E-state index contributed by atoms with van der Waals surface area (Å²) in [5, 5.41) is 3.06. The number of benzene rings is 2. The Morgan fingerprint density at radius 1 is 1.09 bits per heavy atom. The van der Waals surface area contributed by atoms with Gasteiger partial charge < -0.3 is 10.2 Å². The number of carbonyl (C=O) groups excluding carboxylic acids is 2. The van der Waals surface area contributed by atoms with Crippen LogP contribution in [0.4, 0.5) is 10.1 Å². The minimum atomic E-state index is -3.57. The number of halogens is 2. The molecule has 1 unspecified atom stereocenters. The van der Waals surface area contributed by atoms with Crippen LogP contribution in [0.5, 0.6) is 0 Å². The molecule has 7 nitrogen and oxygen atoms in total. The van der Waals surface area contributed by atoms with E-state index >= 15 is 0 Å². The van der Waals surface area contributed by atoms with Crippen LogP contribution in [0.3, 0.4) is 0 Å². The molecule has 2 amide bonds. The molecule has 2 aromatic rings. The first kappa shape index (κ1) is 26.6. The second-order valence-electron chi connectivity index (χ2n) is 7.60. The lowest BCUT2D eigenvalue weighted by molar-refractivity contribution is -0.141. The number of hydrogen-bond donors (Lipinski definition) is 1. The number of carbonyl (C=O) groups is 2. The van der Waals surface area contributed by atoms with E-state index in [0.717, 1.165) is 6.26 Å². The summed E-state index contributed by atoms with van der Waals surface area (Å²) in [6.07, 6.45) is 1.78. The van der Waals surface area contributed by atoms with E-state index in [9.17, 15) is 22.4 Å². The van der Waals surface area contributed by atoms with Crippen LogP contribution in [0, 0.1) is 5.82 Å². The predicted octanol–water partition coefficient (Wildman–Crippen LogP) is 3.58. The van der Waals surface area contributed by atoms with Gasteiger partial charge in [-0.2, -0.15) is 0 Å². The zero-order chi connectivity index (χ0) is 24.6. The lowest BCUT2D eigenvalue weighted by Gasteiger charge is -2.30. The monoisotopic (exact) mass is 497 g/mol. The van der Waals surface area contributed by atoms with E-state index in [1.165, 1.54) is 28.4 Å². The standard InChI is InChI=1S/C23H29ClFN3O4S/c1-4-21(23(30)26-2)27(16-17-7-11-19(25)12-8-17)22(29)6-5-15-28(33(3,31)32)20-13-9-18(24)10-14-20/h7-14,21H,4-6,15-16H2,1-3H3,(H,26,30). The Labute approximate surface area is 199 Å². The van der Waals surface area contributed by atoms with E-state index in [1.807, 2.05) is 0 Å². The maximum absolute atomic E-state index is 13.3. The summed E-state index contributed by atoms with van der Waals surface area (Å²) in [5.74, 6) is -0.982. The van der Waals surface area contributed by atoms with Gasteiger partial charge in [0.2, 0.25) is 21.8 Å². The van der Waals surface area contributed by atoms with Gasteiger partial charge in [0.05, 0.1) is 11.9 Å². The number of anilines is 1. The number of sulfonamides is 1. The molecule has 0 saturated carbocycles. The van der Waals surface area contributed by atoms with Crippen molar-refractivity contribution >= 4 is 39.1 Å². The molecule has 1 N–H and O–H groups in total. The highest BCUT2D eigenvalue weighted by atomic mass is 35.5. The maximum atomic E-state index is 13.3. The Bertz CT molecular complexity index is 1050. The van der Waals surface area contributed by atoms with Crippen molar-refractivity contribution in [1.29, 1.82) is 0 Å². The molecule has 180 valence electrons. The average Bonchev–Trinajstić information content (AvgIpc) is 2.77. The third-order valence-electron chi connectivity index (χ3n) is 5.17. The predicted molar refractivity (Wildman–Crippen MR) is 128 cm³/mol. The van der Waals surface area contributed by atoms with Gasteiger partial charge >= 0.3 is 0 Å². The molecule has 2 aromatic carbocycles. The molecule has 0 spiro atoms. The molecule has 33 heavy (non-hydrogen) atoms. The third-order valence-corrected chi connectivity index (χ3v) is 6.61. The molecule has 0 heterocycles. The fourth-order valence-corrected chi connectivity index (χ4v) is 4.58. The van der Waals surface area contributed by atoms with E-state index in [2.05, 4.69) is 5.32 Å². The minimum Gasteiger partial charge on any atom is -0.357 e. The van der Waals surface area contributed by atoms with Crippen LogP contribution < -0.4 is 9.62 Å². The second kappa shape index (κ2) is 12.0. The zero-order valence-electron chi connectivity index (χ0n) is 18.9. The van der Waals surface area contributed by atoms with Crippen molar-refractivity contribution in [1.82, 2.24) is 10.2 Å². The largest absolute Gasteiger partial charge is 0.357 e. The first-order valence-electron chi connectivity index (χ1n) is 10.6. The zero-order valence-corrected chi connectivity index (χ0v) is 20.5. The highest BCUT2D eigenvalue weighted by molar-refractivity contribution is 7.92. The molecule has 0 radical (unpaired) electrons. The summed E-state index contributed by atoms with van der Waals surface area (Å²) in [6, 6.07) is 11.4. The maximum Gasteiger partial charge on any atom is 0.242 e. The van der Waals surface area contributed by atoms with Gasteiger partial charge in [-0.25, -0.2) is 12.8 Å². The fraction of sp³-hybridized carbons (Fsp3) is 0.391. The lowest BCUT2D eigenvalue weighted by Crippen LogP contribution is -2.48. The highest BCUT2D eigenvalue weighted by Crippen LogP contribution is 2.21. The van der Waals surface area contributed by atoms with Crippen LogP contribution in [0.25, 0.3) is 0 Å². The fourth-order valence-electron chi connectivity index (χ4n) is 3.48. The van der Waals surface area contributed by atoms with Gasteiger partial charge in [0.1, 0.15) is 11.9 Å². The summed E-state index contributed by atoms with van der Waals surface area (Å²) < 4.78 is 39.1. The molecule has 0 aliphatic heterocycles. The van der Waals surface area contributed by atoms with Crippen molar-refractivity contribution in [2.24, 2.45) is 0 Å². The van der Waals surface area contributed by atoms with Gasteiger partial charge in [0, 0.05) is 31.6 Å². The minimum absolute atomic E-state index is 0.0360. The second-order valence-corrected chi connectivity index (χ2v) is 9.94. The van der Waals surface area contributed by atoms with Gasteiger partial charge in [-0.3, -0.25) is 13.9 Å². The SMILES string of the molecule is CCC(C(=O)NC)N(Cc1ccc(F)cc1)C(=O)CCCN(c1ccc(Cl)cc1)S(C)(=O)=O. The Kier molecular flexibility index (Phi) is 9.67. The van der Waals surface area contributed by atoms with Crippen LogP contribution in [0.15, 0.2) is 48.5 Å². The molecule has 1 atom stereocenters. The van der Waals surface area contributed by atoms with E-state index in [0.29, 0.717) is 22.7 Å². The molecule has 2 rings (SSSR count). The first-order valence-corrected chi connectivity index (χ1v) is 12.8. The van der Waals surface area contributed by atoms with Gasteiger partial charge in [-0.1, -0.05) is 30.7 Å². The molecule has 0 aromatic heterocycles. The molecule has 0 aliphatic carbocycles. The highest BCUT2D eigenvalue weighted by Gasteiger charge is 2.28. The van der Waals surface area contributed by atoms with Gasteiger partial charge in [-0.05, 0) is 54.8 Å². The van der Waals surface area contributed by atoms with E-state index < -0.39 is 21.9 Å². The first-order chi connectivity index (χ1) is 15.6. The number of rotatable bonds is 11. The Balaban J connectivity index is 2.17. The van der Waals surface area contributed by atoms with E-state index in [4.69, 9.17) is 11.6 Å². The van der Waals surface area contributed by atoms with Crippen molar-refractivity contribution in [3.8, 4) is 0 Å². The Hall–Kier alpha value is -2.65. The molecule has 0 aliphatic rings. The third kappa shape index (κ3) is 7.71. The summed E-state index contributed by atoms with van der Waals surface area (Å²) in [6.45, 7) is 2.03. The summed E-state index contributed by atoms with van der Waals surface area (Å²) in [4.78, 5) is 27.0. The smallest absolute Gasteiger partial charge is 0.242 e. The topological polar surface area (TPSA) is 86.8 Å². The Morgan fingerprint density at radius 2 is 1.70 bits per heavy atom. The molecule has 0 saturated heterocycles. The van der Waals surface area contributed by atoms with Gasteiger partial charge in [0.25, 0.3) is 0 Å². The van der Waals surface area contributed by atoms with Crippen molar-refractivity contribution in [3.63, 3.8) is 0 Å². The molecule has 0 fully saturated rings. The molecule has 0 bridgehead atoms. The Morgan fingerprint density at radius 3 is 2.21 bits per heavy atom. The average molecular weight is 498 g/mol. The summed E-state index contributed by atoms with van der Waals surface area (Å²) >= 11 is 5.90. The van der Waals surface area contributed by atoms with Crippen molar-refractivity contribution in [3.05, 3.63) is 64.9 Å². The van der Waals surface area contributed by atoms with Crippen LogP contribution in [0.1, 0.15) is 31.7 Å². The van der Waals surface area contributed by atoms with Crippen LogP contribution in [0.2, 0.25) is 5.02 Å². The van der Waals surface area contributed by atoms with Gasteiger partial charge in [-0.15, -0.1) is 0 Å². The van der Waals surface area contributed by atoms with Crippen molar-refractivity contribution < 1.29 is 22.4 Å². The number of likely N-dealkylation sites (N-methyl/N-ethyl adjacent to an activating group) is 1. The number of hydrogen-bond acceptors (Lipinski definition) is 4. The van der Waals surface area contributed by atoms with Gasteiger partial charge in [0.15, 0.2) is 0 Å². The van der Waals surface area contributed by atoms with E-state index in [-0.39, 0.29) is 37.7 Å². The van der Waals surface area contributed by atoms with Crippen LogP contribution in [-0.4, -0.2) is 51.0 Å². The van der Waals surface area contributed by atoms with Crippen molar-refractivity contribution in [2.45, 2.75) is 38.8 Å². The molecule has 10 heteroatoms. The summed E-state index contributed by atoms with van der Waals surface area (Å²) in [5.41, 5.74) is 1.14. The van der Waals surface area contributed by atoms with E-state index in [1.54, 1.807) is 43.3 Å². The van der Waals surface area contributed by atoms with Crippen LogP contribution >= 0.6 is 11.6 Å². The quantitative estimate of drug-likeness (QED) is 0.514. The number of amides is 2. The van der Waals surface area contributed by atoms with Crippen molar-refractivity contribution in [2.75, 3.05) is 24.2 Å². The van der Waals surface area contributed by atoms with Crippen LogP contribution in [-0.2, 0) is 26.2 Å². The normalized spacial score (nSPS) is 12.2. The molecular weight excluding hydrogens is 469 g/mol.